The third-order valence-corrected chi connectivity index (χ3v) is 4.98. The normalized spacial score (nSPS) is 12.7. The molecule has 0 saturated heterocycles. The van der Waals surface area contributed by atoms with Crippen LogP contribution in [0.15, 0.2) is 18.2 Å². The van der Waals surface area contributed by atoms with E-state index in [0.29, 0.717) is 10.0 Å². The van der Waals surface area contributed by atoms with E-state index >= 15 is 0 Å². The van der Waals surface area contributed by atoms with Gasteiger partial charge in [0.05, 0.1) is 21.8 Å². The number of benzene rings is 1. The van der Waals surface area contributed by atoms with Crippen molar-refractivity contribution in [1.29, 1.82) is 0 Å². The molecule has 102 valence electrons. The molecule has 0 radical (unpaired) electrons. The quantitative estimate of drug-likeness (QED) is 0.890. The minimum atomic E-state index is -0.0183. The standard InChI is InChI=1S/C14H16Cl2N2S/c1-4-11-8(2)19-14(18-11)13(17-3)9-6-5-7-10(15)12(9)16/h5-7,13,17H,4H2,1-3H3. The topological polar surface area (TPSA) is 24.9 Å². The highest BCUT2D eigenvalue weighted by Crippen LogP contribution is 2.35. The second kappa shape index (κ2) is 6.23. The lowest BCUT2D eigenvalue weighted by Crippen LogP contribution is -2.18. The van der Waals surface area contributed by atoms with Gasteiger partial charge in [0, 0.05) is 4.88 Å². The molecule has 0 amide bonds. The largest absolute Gasteiger partial charge is 0.307 e. The number of aromatic nitrogens is 1. The summed E-state index contributed by atoms with van der Waals surface area (Å²) < 4.78 is 0. The molecule has 1 aromatic heterocycles. The average molecular weight is 315 g/mol. The maximum atomic E-state index is 6.30. The molecule has 0 fully saturated rings. The number of halogens is 2. The highest BCUT2D eigenvalue weighted by Gasteiger charge is 2.20. The Labute approximate surface area is 127 Å². The molecule has 5 heteroatoms. The maximum absolute atomic E-state index is 6.30. The summed E-state index contributed by atoms with van der Waals surface area (Å²) in [6.45, 7) is 4.22. The van der Waals surface area contributed by atoms with Crippen molar-refractivity contribution in [2.45, 2.75) is 26.3 Å². The van der Waals surface area contributed by atoms with Gasteiger partial charge in [-0.25, -0.2) is 4.98 Å². The Balaban J connectivity index is 2.46. The lowest BCUT2D eigenvalue weighted by atomic mass is 10.1. The maximum Gasteiger partial charge on any atom is 0.115 e. The van der Waals surface area contributed by atoms with Crippen LogP contribution in [-0.4, -0.2) is 12.0 Å². The van der Waals surface area contributed by atoms with Gasteiger partial charge in [-0.1, -0.05) is 42.3 Å². The van der Waals surface area contributed by atoms with E-state index in [1.54, 1.807) is 17.4 Å². The third kappa shape index (κ3) is 2.95. The second-order valence-electron chi connectivity index (χ2n) is 4.27. The van der Waals surface area contributed by atoms with Gasteiger partial charge in [0.25, 0.3) is 0 Å². The molecule has 0 bridgehead atoms. The van der Waals surface area contributed by atoms with Crippen LogP contribution in [0.5, 0.6) is 0 Å². The highest BCUT2D eigenvalue weighted by atomic mass is 35.5. The zero-order valence-corrected chi connectivity index (χ0v) is 13.5. The second-order valence-corrected chi connectivity index (χ2v) is 6.29. The molecule has 0 aliphatic carbocycles. The summed E-state index contributed by atoms with van der Waals surface area (Å²) in [4.78, 5) is 5.96. The summed E-state index contributed by atoms with van der Waals surface area (Å²) in [5, 5.41) is 5.47. The van der Waals surface area contributed by atoms with Crippen molar-refractivity contribution in [2.75, 3.05) is 7.05 Å². The molecule has 0 spiro atoms. The molecule has 2 aromatic rings. The van der Waals surface area contributed by atoms with E-state index < -0.39 is 0 Å². The van der Waals surface area contributed by atoms with Crippen LogP contribution in [0.4, 0.5) is 0 Å². The average Bonchev–Trinajstić information content (AvgIpc) is 2.76. The van der Waals surface area contributed by atoms with Gasteiger partial charge in [-0.3, -0.25) is 0 Å². The lowest BCUT2D eigenvalue weighted by Gasteiger charge is -2.16. The number of nitrogens with one attached hydrogen (secondary N) is 1. The van der Waals surface area contributed by atoms with Gasteiger partial charge in [-0.05, 0) is 32.0 Å². The van der Waals surface area contributed by atoms with Gasteiger partial charge in [-0.2, -0.15) is 0 Å². The van der Waals surface area contributed by atoms with Crippen molar-refractivity contribution in [3.05, 3.63) is 49.4 Å². The number of rotatable bonds is 4. The predicted octanol–water partition coefficient (Wildman–Crippen LogP) is 4.63. The van der Waals surface area contributed by atoms with Crippen molar-refractivity contribution in [3.63, 3.8) is 0 Å². The van der Waals surface area contributed by atoms with Crippen LogP contribution in [0, 0.1) is 6.92 Å². The predicted molar refractivity (Wildman–Crippen MR) is 83.6 cm³/mol. The van der Waals surface area contributed by atoms with Crippen LogP contribution in [0.2, 0.25) is 10.0 Å². The molecule has 1 atom stereocenters. The fourth-order valence-corrected chi connectivity index (χ4v) is 3.61. The monoisotopic (exact) mass is 314 g/mol. The Morgan fingerprint density at radius 3 is 2.68 bits per heavy atom. The van der Waals surface area contributed by atoms with E-state index in [2.05, 4.69) is 19.2 Å². The molecular formula is C14H16Cl2N2S. The fraction of sp³-hybridized carbons (Fsp3) is 0.357. The summed E-state index contributed by atoms with van der Waals surface area (Å²) >= 11 is 14.1. The number of aryl methyl sites for hydroxylation is 2. The zero-order valence-electron chi connectivity index (χ0n) is 11.1. The van der Waals surface area contributed by atoms with Gasteiger partial charge in [-0.15, -0.1) is 11.3 Å². The van der Waals surface area contributed by atoms with Crippen molar-refractivity contribution in [3.8, 4) is 0 Å². The van der Waals surface area contributed by atoms with E-state index in [4.69, 9.17) is 28.2 Å². The number of nitrogens with zero attached hydrogens (tertiary/aromatic N) is 1. The summed E-state index contributed by atoms with van der Waals surface area (Å²) in [7, 11) is 1.91. The van der Waals surface area contributed by atoms with E-state index in [9.17, 15) is 0 Å². The minimum Gasteiger partial charge on any atom is -0.307 e. The molecule has 19 heavy (non-hydrogen) atoms. The van der Waals surface area contributed by atoms with E-state index in [1.165, 1.54) is 4.88 Å². The van der Waals surface area contributed by atoms with Gasteiger partial charge < -0.3 is 5.32 Å². The third-order valence-electron chi connectivity index (χ3n) is 3.07. The number of hydrogen-bond donors (Lipinski definition) is 1. The van der Waals surface area contributed by atoms with Crippen LogP contribution in [0.25, 0.3) is 0 Å². The molecule has 2 nitrogen and oxygen atoms in total. The Bertz CT molecular complexity index is 581. The van der Waals surface area contributed by atoms with Gasteiger partial charge in [0.2, 0.25) is 0 Å². The summed E-state index contributed by atoms with van der Waals surface area (Å²) in [5.41, 5.74) is 2.12. The van der Waals surface area contributed by atoms with E-state index in [1.807, 2.05) is 19.2 Å². The Kier molecular flexibility index (Phi) is 4.85. The van der Waals surface area contributed by atoms with E-state index in [0.717, 1.165) is 22.7 Å². The molecule has 1 heterocycles. The van der Waals surface area contributed by atoms with Gasteiger partial charge in [0.15, 0.2) is 0 Å². The van der Waals surface area contributed by atoms with Crippen LogP contribution >= 0.6 is 34.5 Å². The minimum absolute atomic E-state index is 0.0183. The Hall–Kier alpha value is -0.610. The fourth-order valence-electron chi connectivity index (χ4n) is 2.06. The first-order valence-electron chi connectivity index (χ1n) is 6.15. The molecule has 2 rings (SSSR count). The molecule has 1 aromatic carbocycles. The molecule has 0 aliphatic rings. The summed E-state index contributed by atoms with van der Waals surface area (Å²) in [6, 6.07) is 5.67. The first kappa shape index (κ1) is 14.8. The van der Waals surface area contributed by atoms with E-state index in [-0.39, 0.29) is 6.04 Å². The van der Waals surface area contributed by atoms with Crippen LogP contribution in [-0.2, 0) is 6.42 Å². The summed E-state index contributed by atoms with van der Waals surface area (Å²) in [5.74, 6) is 0. The Morgan fingerprint density at radius 2 is 2.11 bits per heavy atom. The van der Waals surface area contributed by atoms with Crippen LogP contribution in [0.1, 0.15) is 34.1 Å². The first-order chi connectivity index (χ1) is 9.08. The summed E-state index contributed by atoms with van der Waals surface area (Å²) in [6.07, 6.45) is 0.946. The smallest absolute Gasteiger partial charge is 0.115 e. The molecular weight excluding hydrogens is 299 g/mol. The highest BCUT2D eigenvalue weighted by molar-refractivity contribution is 7.11. The lowest BCUT2D eigenvalue weighted by molar-refractivity contribution is 0.683. The van der Waals surface area contributed by atoms with Crippen molar-refractivity contribution >= 4 is 34.5 Å². The zero-order chi connectivity index (χ0) is 14.0. The van der Waals surface area contributed by atoms with Crippen molar-refractivity contribution in [1.82, 2.24) is 10.3 Å². The molecule has 0 aliphatic heterocycles. The molecule has 1 unspecified atom stereocenters. The van der Waals surface area contributed by atoms with Crippen molar-refractivity contribution < 1.29 is 0 Å². The number of hydrogen-bond acceptors (Lipinski definition) is 3. The van der Waals surface area contributed by atoms with Gasteiger partial charge >= 0.3 is 0 Å². The molecule has 0 saturated carbocycles. The number of thiazole rings is 1. The van der Waals surface area contributed by atoms with Crippen LogP contribution < -0.4 is 5.32 Å². The molecule has 1 N–H and O–H groups in total. The first-order valence-corrected chi connectivity index (χ1v) is 7.73. The van der Waals surface area contributed by atoms with Crippen molar-refractivity contribution in [2.24, 2.45) is 0 Å². The SMILES string of the molecule is CCc1nc(C(NC)c2cccc(Cl)c2Cl)sc1C. The van der Waals surface area contributed by atoms with Gasteiger partial charge in [0.1, 0.15) is 5.01 Å². The van der Waals surface area contributed by atoms with Crippen LogP contribution in [0.3, 0.4) is 0 Å². The Morgan fingerprint density at radius 1 is 1.37 bits per heavy atom.